The molecule has 0 heterocycles. The Morgan fingerprint density at radius 1 is 1.20 bits per heavy atom. The highest BCUT2D eigenvalue weighted by molar-refractivity contribution is 5.31. The molecular weight excluding hydrogens is 246 g/mol. The molecule has 0 aromatic heterocycles. The predicted molar refractivity (Wildman–Crippen MR) is 85.3 cm³/mol. The summed E-state index contributed by atoms with van der Waals surface area (Å²) in [5, 5.41) is 3.53. The molecule has 2 nitrogen and oxygen atoms in total. The molecule has 0 aliphatic heterocycles. The molecule has 1 saturated carbocycles. The topological polar surface area (TPSA) is 21.3 Å². The monoisotopic (exact) mass is 275 g/mol. The van der Waals surface area contributed by atoms with Gasteiger partial charge in [-0.2, -0.15) is 0 Å². The average molecular weight is 275 g/mol. The molecule has 112 valence electrons. The van der Waals surface area contributed by atoms with Gasteiger partial charge in [-0.25, -0.2) is 0 Å². The van der Waals surface area contributed by atoms with Crippen molar-refractivity contribution < 1.29 is 4.74 Å². The lowest BCUT2D eigenvalue weighted by molar-refractivity contribution is -0.0657. The van der Waals surface area contributed by atoms with E-state index in [-0.39, 0.29) is 5.60 Å². The van der Waals surface area contributed by atoms with Crippen molar-refractivity contribution in [3.05, 3.63) is 34.9 Å². The van der Waals surface area contributed by atoms with Crippen molar-refractivity contribution in [1.29, 1.82) is 0 Å². The molecule has 0 bridgehead atoms. The third-order valence-electron chi connectivity index (χ3n) is 5.02. The fraction of sp³-hybridized carbons (Fsp3) is 0.667. The molecule has 2 rings (SSSR count). The highest BCUT2D eigenvalue weighted by Gasteiger charge is 2.39. The molecule has 1 atom stereocenters. The summed E-state index contributed by atoms with van der Waals surface area (Å²) >= 11 is 0. The molecule has 1 aromatic carbocycles. The normalized spacial score (nSPS) is 19.8. The zero-order valence-corrected chi connectivity index (χ0v) is 13.5. The fourth-order valence-electron chi connectivity index (χ4n) is 3.64. The zero-order valence-electron chi connectivity index (χ0n) is 13.5. The first kappa shape index (κ1) is 15.5. The van der Waals surface area contributed by atoms with Crippen LogP contribution in [0.3, 0.4) is 0 Å². The Balaban J connectivity index is 2.21. The van der Waals surface area contributed by atoms with E-state index in [1.54, 1.807) is 0 Å². The Labute approximate surface area is 123 Å². The highest BCUT2D eigenvalue weighted by atomic mass is 16.5. The number of likely N-dealkylation sites (N-methyl/N-ethyl adjacent to an activating group) is 1. The number of methoxy groups -OCH3 is 1. The van der Waals surface area contributed by atoms with Gasteiger partial charge in [0.2, 0.25) is 0 Å². The SMILES string of the molecule is CNC(Cc1cc(C)ccc1C)C1(OC)CCCCC1. The summed E-state index contributed by atoms with van der Waals surface area (Å²) in [6.45, 7) is 4.38. The van der Waals surface area contributed by atoms with Crippen molar-refractivity contribution >= 4 is 0 Å². The quantitative estimate of drug-likeness (QED) is 0.883. The van der Waals surface area contributed by atoms with Crippen LogP contribution in [-0.2, 0) is 11.2 Å². The second kappa shape index (κ2) is 6.73. The van der Waals surface area contributed by atoms with Gasteiger partial charge in [0.25, 0.3) is 0 Å². The summed E-state index contributed by atoms with van der Waals surface area (Å²) in [6, 6.07) is 7.15. The van der Waals surface area contributed by atoms with Crippen LogP contribution in [0.2, 0.25) is 0 Å². The number of rotatable bonds is 5. The number of hydrogen-bond acceptors (Lipinski definition) is 2. The maximum absolute atomic E-state index is 6.01. The molecule has 2 heteroatoms. The van der Waals surface area contributed by atoms with Crippen molar-refractivity contribution in [2.75, 3.05) is 14.2 Å². The Morgan fingerprint density at radius 2 is 1.90 bits per heavy atom. The summed E-state index contributed by atoms with van der Waals surface area (Å²) in [6.07, 6.45) is 7.35. The van der Waals surface area contributed by atoms with E-state index in [9.17, 15) is 0 Å². The van der Waals surface area contributed by atoms with E-state index in [4.69, 9.17) is 4.74 Å². The summed E-state index contributed by atoms with van der Waals surface area (Å²) in [4.78, 5) is 0. The van der Waals surface area contributed by atoms with E-state index in [0.717, 1.165) is 6.42 Å². The molecular formula is C18H29NO. The molecule has 20 heavy (non-hydrogen) atoms. The molecule has 0 saturated heterocycles. The van der Waals surface area contributed by atoms with Gasteiger partial charge < -0.3 is 10.1 Å². The number of hydrogen-bond donors (Lipinski definition) is 1. The molecule has 1 fully saturated rings. The second-order valence-electron chi connectivity index (χ2n) is 6.30. The van der Waals surface area contributed by atoms with Crippen LogP contribution in [0.15, 0.2) is 18.2 Å². The Morgan fingerprint density at radius 3 is 2.50 bits per heavy atom. The maximum atomic E-state index is 6.01. The number of nitrogens with one attached hydrogen (secondary N) is 1. The zero-order chi connectivity index (χ0) is 14.6. The molecule has 0 amide bonds. The Kier molecular flexibility index (Phi) is 5.22. The summed E-state index contributed by atoms with van der Waals surface area (Å²) < 4.78 is 6.01. The lowest BCUT2D eigenvalue weighted by Crippen LogP contribution is -2.53. The summed E-state index contributed by atoms with van der Waals surface area (Å²) in [5.41, 5.74) is 4.20. The molecule has 0 spiro atoms. The minimum Gasteiger partial charge on any atom is -0.377 e. The van der Waals surface area contributed by atoms with Crippen molar-refractivity contribution in [2.24, 2.45) is 0 Å². The van der Waals surface area contributed by atoms with E-state index >= 15 is 0 Å². The second-order valence-corrected chi connectivity index (χ2v) is 6.30. The third kappa shape index (κ3) is 3.24. The van der Waals surface area contributed by atoms with Crippen LogP contribution in [0, 0.1) is 13.8 Å². The number of aryl methyl sites for hydroxylation is 2. The first-order valence-corrected chi connectivity index (χ1v) is 7.90. The van der Waals surface area contributed by atoms with Gasteiger partial charge in [-0.3, -0.25) is 0 Å². The van der Waals surface area contributed by atoms with Crippen LogP contribution < -0.4 is 5.32 Å². The molecule has 1 aromatic rings. The molecule has 0 radical (unpaired) electrons. The maximum Gasteiger partial charge on any atom is 0.0834 e. The van der Waals surface area contributed by atoms with Gasteiger partial charge in [0.1, 0.15) is 0 Å². The highest BCUT2D eigenvalue weighted by Crippen LogP contribution is 2.35. The number of ether oxygens (including phenoxy) is 1. The molecule has 1 unspecified atom stereocenters. The van der Waals surface area contributed by atoms with E-state index in [1.807, 2.05) is 7.11 Å². The Hall–Kier alpha value is -0.860. The summed E-state index contributed by atoms with van der Waals surface area (Å²) in [7, 11) is 3.96. The van der Waals surface area contributed by atoms with Gasteiger partial charge in [-0.1, -0.05) is 43.0 Å². The minimum absolute atomic E-state index is 0.0170. The van der Waals surface area contributed by atoms with Crippen molar-refractivity contribution in [2.45, 2.75) is 64.0 Å². The van der Waals surface area contributed by atoms with Gasteiger partial charge in [-0.15, -0.1) is 0 Å². The van der Waals surface area contributed by atoms with Crippen LogP contribution in [-0.4, -0.2) is 25.8 Å². The smallest absolute Gasteiger partial charge is 0.0834 e. The predicted octanol–water partition coefficient (Wildman–Crippen LogP) is 3.78. The largest absolute Gasteiger partial charge is 0.377 e. The molecule has 1 N–H and O–H groups in total. The third-order valence-corrected chi connectivity index (χ3v) is 5.02. The van der Waals surface area contributed by atoms with Crippen molar-refractivity contribution in [3.63, 3.8) is 0 Å². The molecule has 1 aliphatic rings. The van der Waals surface area contributed by atoms with Gasteiger partial charge in [0.05, 0.1) is 5.60 Å². The van der Waals surface area contributed by atoms with Crippen LogP contribution in [0.25, 0.3) is 0 Å². The van der Waals surface area contributed by atoms with E-state index in [0.29, 0.717) is 6.04 Å². The van der Waals surface area contributed by atoms with E-state index in [1.165, 1.54) is 48.8 Å². The number of benzene rings is 1. The van der Waals surface area contributed by atoms with Crippen LogP contribution in [0.1, 0.15) is 48.8 Å². The van der Waals surface area contributed by atoms with Crippen LogP contribution >= 0.6 is 0 Å². The van der Waals surface area contributed by atoms with Crippen LogP contribution in [0.5, 0.6) is 0 Å². The standard InChI is InChI=1S/C18H29NO/c1-14-8-9-15(2)16(12-14)13-17(19-3)18(20-4)10-6-5-7-11-18/h8-9,12,17,19H,5-7,10-11,13H2,1-4H3. The van der Waals surface area contributed by atoms with E-state index < -0.39 is 0 Å². The van der Waals surface area contributed by atoms with E-state index in [2.05, 4.69) is 44.4 Å². The Bertz CT molecular complexity index is 435. The van der Waals surface area contributed by atoms with Crippen molar-refractivity contribution in [3.8, 4) is 0 Å². The summed E-state index contributed by atoms with van der Waals surface area (Å²) in [5.74, 6) is 0. The first-order chi connectivity index (χ1) is 9.61. The fourth-order valence-corrected chi connectivity index (χ4v) is 3.64. The van der Waals surface area contributed by atoms with Gasteiger partial charge in [0.15, 0.2) is 0 Å². The lowest BCUT2D eigenvalue weighted by Gasteiger charge is -2.42. The van der Waals surface area contributed by atoms with Crippen molar-refractivity contribution in [1.82, 2.24) is 5.32 Å². The van der Waals surface area contributed by atoms with Crippen LogP contribution in [0.4, 0.5) is 0 Å². The minimum atomic E-state index is 0.0170. The first-order valence-electron chi connectivity index (χ1n) is 7.90. The van der Waals surface area contributed by atoms with Gasteiger partial charge in [0, 0.05) is 13.2 Å². The average Bonchev–Trinajstić information content (AvgIpc) is 2.48. The molecule has 1 aliphatic carbocycles. The van der Waals surface area contributed by atoms with Gasteiger partial charge >= 0.3 is 0 Å². The van der Waals surface area contributed by atoms with Gasteiger partial charge in [-0.05, 0) is 51.3 Å². The lowest BCUT2D eigenvalue weighted by atomic mass is 9.76.